The first-order chi connectivity index (χ1) is 9.54. The number of hydrogen-bond acceptors (Lipinski definition) is 4. The van der Waals surface area contributed by atoms with E-state index < -0.39 is 10.0 Å². The van der Waals surface area contributed by atoms with Gasteiger partial charge >= 0.3 is 0 Å². The van der Waals surface area contributed by atoms with Gasteiger partial charge in [0.25, 0.3) is 10.0 Å². The van der Waals surface area contributed by atoms with Crippen molar-refractivity contribution >= 4 is 33.0 Å². The van der Waals surface area contributed by atoms with Crippen molar-refractivity contribution in [2.24, 2.45) is 0 Å². The molecule has 0 unspecified atom stereocenters. The Morgan fingerprint density at radius 1 is 1.35 bits per heavy atom. The summed E-state index contributed by atoms with van der Waals surface area (Å²) in [5.41, 5.74) is 0. The van der Waals surface area contributed by atoms with Crippen LogP contribution < -0.4 is 0 Å². The zero-order valence-electron chi connectivity index (χ0n) is 11.7. The van der Waals surface area contributed by atoms with Crippen molar-refractivity contribution in [1.82, 2.24) is 9.21 Å². The Kier molecular flexibility index (Phi) is 5.86. The number of sulfonamides is 1. The van der Waals surface area contributed by atoms with Gasteiger partial charge in [-0.05, 0) is 44.5 Å². The molecule has 2 heterocycles. The molecule has 20 heavy (non-hydrogen) atoms. The number of aryl methyl sites for hydroxylation is 1. The second-order valence-electron chi connectivity index (χ2n) is 5.04. The standard InChI is InChI=1S/C13H21ClN2O2S2/c1-15(10-11-16-8-2-3-9-16)20(17,18)13-5-4-12(19-13)6-7-14/h4-5H,2-3,6-11H2,1H3. The van der Waals surface area contributed by atoms with Gasteiger partial charge in [0.05, 0.1) is 0 Å². The van der Waals surface area contributed by atoms with E-state index >= 15 is 0 Å². The molecule has 1 aliphatic heterocycles. The fraction of sp³-hybridized carbons (Fsp3) is 0.692. The smallest absolute Gasteiger partial charge is 0.252 e. The first kappa shape index (κ1) is 16.2. The molecule has 1 aromatic heterocycles. The molecule has 0 aromatic carbocycles. The van der Waals surface area contributed by atoms with E-state index in [0.29, 0.717) is 16.6 Å². The maximum atomic E-state index is 12.4. The highest BCUT2D eigenvalue weighted by atomic mass is 35.5. The second-order valence-corrected chi connectivity index (χ2v) is 8.85. The van der Waals surface area contributed by atoms with Crippen LogP contribution in [-0.2, 0) is 16.4 Å². The van der Waals surface area contributed by atoms with Crippen LogP contribution >= 0.6 is 22.9 Å². The molecule has 0 bridgehead atoms. The first-order valence-corrected chi connectivity index (χ1v) is 9.66. The molecule has 0 radical (unpaired) electrons. The molecule has 0 aliphatic carbocycles. The van der Waals surface area contributed by atoms with Crippen LogP contribution in [0.2, 0.25) is 0 Å². The van der Waals surface area contributed by atoms with Crippen molar-refractivity contribution in [3.63, 3.8) is 0 Å². The minimum atomic E-state index is -3.35. The van der Waals surface area contributed by atoms with E-state index in [9.17, 15) is 8.42 Å². The van der Waals surface area contributed by atoms with Crippen LogP contribution in [0.1, 0.15) is 17.7 Å². The summed E-state index contributed by atoms with van der Waals surface area (Å²) in [6.45, 7) is 3.54. The van der Waals surface area contributed by atoms with Gasteiger partial charge in [-0.2, -0.15) is 4.31 Å². The SMILES string of the molecule is CN(CCN1CCCC1)S(=O)(=O)c1ccc(CCCl)s1. The summed E-state index contributed by atoms with van der Waals surface area (Å²) in [5.74, 6) is 0.519. The van der Waals surface area contributed by atoms with E-state index in [1.807, 2.05) is 6.07 Å². The Morgan fingerprint density at radius 3 is 2.70 bits per heavy atom. The third-order valence-corrected chi connectivity index (χ3v) is 7.23. The molecule has 0 amide bonds. The lowest BCUT2D eigenvalue weighted by molar-refractivity contribution is 0.310. The highest BCUT2D eigenvalue weighted by Crippen LogP contribution is 2.25. The van der Waals surface area contributed by atoms with Crippen LogP contribution in [0.5, 0.6) is 0 Å². The summed E-state index contributed by atoms with van der Waals surface area (Å²) in [5, 5.41) is 0. The summed E-state index contributed by atoms with van der Waals surface area (Å²) in [7, 11) is -1.69. The van der Waals surface area contributed by atoms with E-state index in [0.717, 1.165) is 30.9 Å². The van der Waals surface area contributed by atoms with Crippen LogP contribution in [-0.4, -0.2) is 56.7 Å². The Balaban J connectivity index is 1.96. The first-order valence-electron chi connectivity index (χ1n) is 6.87. The van der Waals surface area contributed by atoms with Gasteiger partial charge in [-0.3, -0.25) is 0 Å². The summed E-state index contributed by atoms with van der Waals surface area (Å²) in [6.07, 6.45) is 3.17. The number of thiophene rings is 1. The number of nitrogens with zero attached hydrogens (tertiary/aromatic N) is 2. The summed E-state index contributed by atoms with van der Waals surface area (Å²) in [4.78, 5) is 3.34. The summed E-state index contributed by atoms with van der Waals surface area (Å²) in [6, 6.07) is 3.54. The maximum Gasteiger partial charge on any atom is 0.252 e. The molecule has 0 saturated carbocycles. The lowest BCUT2D eigenvalue weighted by atomic mass is 10.4. The molecular weight excluding hydrogens is 316 g/mol. The largest absolute Gasteiger partial charge is 0.302 e. The quantitative estimate of drug-likeness (QED) is 0.717. The minimum Gasteiger partial charge on any atom is -0.302 e. The number of likely N-dealkylation sites (tertiary alicyclic amines) is 1. The topological polar surface area (TPSA) is 40.6 Å². The van der Waals surface area contributed by atoms with Crippen molar-refractivity contribution in [2.75, 3.05) is 39.1 Å². The van der Waals surface area contributed by atoms with Gasteiger partial charge in [0.15, 0.2) is 0 Å². The molecule has 0 atom stereocenters. The Morgan fingerprint density at radius 2 is 2.05 bits per heavy atom. The average Bonchev–Trinajstić information content (AvgIpc) is 3.07. The van der Waals surface area contributed by atoms with Crippen molar-refractivity contribution in [3.8, 4) is 0 Å². The summed E-state index contributed by atoms with van der Waals surface area (Å²) < 4.78 is 26.8. The molecule has 0 N–H and O–H groups in total. The molecule has 4 nitrogen and oxygen atoms in total. The number of rotatable bonds is 7. The predicted molar refractivity (Wildman–Crippen MR) is 84.2 cm³/mol. The monoisotopic (exact) mass is 336 g/mol. The number of alkyl halides is 1. The lowest BCUT2D eigenvalue weighted by Crippen LogP contribution is -2.34. The van der Waals surface area contributed by atoms with Crippen LogP contribution in [0.3, 0.4) is 0 Å². The highest BCUT2D eigenvalue weighted by molar-refractivity contribution is 7.91. The van der Waals surface area contributed by atoms with Crippen LogP contribution in [0.25, 0.3) is 0 Å². The summed E-state index contributed by atoms with van der Waals surface area (Å²) >= 11 is 7.01. The van der Waals surface area contributed by atoms with E-state index in [1.165, 1.54) is 28.5 Å². The number of halogens is 1. The van der Waals surface area contributed by atoms with Crippen molar-refractivity contribution < 1.29 is 8.42 Å². The molecule has 1 aliphatic rings. The van der Waals surface area contributed by atoms with Gasteiger partial charge in [0.2, 0.25) is 0 Å². The molecule has 0 spiro atoms. The van der Waals surface area contributed by atoms with Crippen molar-refractivity contribution in [2.45, 2.75) is 23.5 Å². The van der Waals surface area contributed by atoms with E-state index in [2.05, 4.69) is 4.90 Å². The van der Waals surface area contributed by atoms with Gasteiger partial charge in [-0.25, -0.2) is 8.42 Å². The third kappa shape index (κ3) is 3.95. The van der Waals surface area contributed by atoms with Gasteiger partial charge < -0.3 is 4.90 Å². The normalized spacial score (nSPS) is 17.1. The molecule has 114 valence electrons. The predicted octanol–water partition coefficient (Wildman–Crippen LogP) is 2.25. The van der Waals surface area contributed by atoms with Crippen molar-refractivity contribution in [1.29, 1.82) is 0 Å². The number of hydrogen-bond donors (Lipinski definition) is 0. The van der Waals surface area contributed by atoms with E-state index in [-0.39, 0.29) is 0 Å². The Labute approximate surface area is 130 Å². The van der Waals surface area contributed by atoms with Crippen LogP contribution in [0.15, 0.2) is 16.3 Å². The minimum absolute atomic E-state index is 0.418. The zero-order valence-corrected chi connectivity index (χ0v) is 14.1. The fourth-order valence-electron chi connectivity index (χ4n) is 2.29. The maximum absolute atomic E-state index is 12.4. The van der Waals surface area contributed by atoms with Gasteiger partial charge in [-0.1, -0.05) is 0 Å². The highest BCUT2D eigenvalue weighted by Gasteiger charge is 2.23. The average molecular weight is 337 g/mol. The van der Waals surface area contributed by atoms with Gasteiger partial charge in [0, 0.05) is 30.9 Å². The molecular formula is C13H21ClN2O2S2. The Bertz CT molecular complexity index is 524. The van der Waals surface area contributed by atoms with Crippen molar-refractivity contribution in [3.05, 3.63) is 17.0 Å². The van der Waals surface area contributed by atoms with Gasteiger partial charge in [0.1, 0.15) is 4.21 Å². The zero-order chi connectivity index (χ0) is 14.6. The Hall–Kier alpha value is -0.140. The lowest BCUT2D eigenvalue weighted by Gasteiger charge is -2.20. The third-order valence-electron chi connectivity index (χ3n) is 3.57. The molecule has 1 fully saturated rings. The molecule has 7 heteroatoms. The van der Waals surface area contributed by atoms with Crippen LogP contribution in [0, 0.1) is 0 Å². The molecule has 2 rings (SSSR count). The number of likely N-dealkylation sites (N-methyl/N-ethyl adjacent to an activating group) is 1. The molecule has 1 aromatic rings. The van der Waals surface area contributed by atoms with Crippen LogP contribution in [0.4, 0.5) is 0 Å². The second kappa shape index (κ2) is 7.22. The fourth-order valence-corrected chi connectivity index (χ4v) is 5.33. The van der Waals surface area contributed by atoms with E-state index in [4.69, 9.17) is 11.6 Å². The molecule has 1 saturated heterocycles. The van der Waals surface area contributed by atoms with E-state index in [1.54, 1.807) is 13.1 Å². The van der Waals surface area contributed by atoms with Gasteiger partial charge in [-0.15, -0.1) is 22.9 Å².